The van der Waals surface area contributed by atoms with Gasteiger partial charge < -0.3 is 99.5 Å². The number of hydrogen-bond donors (Lipinski definition) is 14. The Bertz CT molecular complexity index is 1380. The maximum Gasteiger partial charge on any atom is 0.397 e. The number of hydrogen-bond acceptors (Lipinski definition) is 23. The minimum absolute atomic E-state index is 1.08. The van der Waals surface area contributed by atoms with E-state index in [9.17, 15) is 93.7 Å². The lowest BCUT2D eigenvalue weighted by molar-refractivity contribution is -0.379. The van der Waals surface area contributed by atoms with Gasteiger partial charge in [-0.15, -0.1) is 0 Å². The molecule has 0 spiro atoms. The molecule has 0 radical (unpaired) electrons. The van der Waals surface area contributed by atoms with Crippen LogP contribution in [0.3, 0.4) is 0 Å². The molecule has 0 saturated carbocycles. The molecule has 4 heterocycles. The number of ether oxygens (including phenoxy) is 7. The largest absolute Gasteiger partial charge is 0.479 e. The van der Waals surface area contributed by atoms with Crippen molar-refractivity contribution in [2.24, 2.45) is 0 Å². The molecule has 0 aromatic rings. The summed E-state index contributed by atoms with van der Waals surface area (Å²) in [6.07, 6.45) is -47.0. The predicted molar refractivity (Wildman–Crippen MR) is 146 cm³/mol. The van der Waals surface area contributed by atoms with Gasteiger partial charge in [0.2, 0.25) is 0 Å². The number of carbonyl (C=O) groups is 3. The van der Waals surface area contributed by atoms with Crippen molar-refractivity contribution in [1.82, 2.24) is 0 Å². The van der Waals surface area contributed by atoms with Gasteiger partial charge in [-0.2, -0.15) is 8.42 Å². The summed E-state index contributed by atoms with van der Waals surface area (Å²) in [5, 5.41) is 132. The van der Waals surface area contributed by atoms with Gasteiger partial charge in [0.15, 0.2) is 49.6 Å². The van der Waals surface area contributed by atoms with Crippen LogP contribution in [-0.2, 0) is 62.1 Å². The third kappa shape index (κ3) is 8.76. The molecule has 4 aliphatic rings. The average molecular weight is 789 g/mol. The van der Waals surface area contributed by atoms with Gasteiger partial charge in [-0.25, -0.2) is 18.6 Å². The highest BCUT2D eigenvalue weighted by Gasteiger charge is 2.59. The zero-order valence-corrected chi connectivity index (χ0v) is 26.5. The minimum Gasteiger partial charge on any atom is -0.479 e. The van der Waals surface area contributed by atoms with Crippen molar-refractivity contribution >= 4 is 28.3 Å². The smallest absolute Gasteiger partial charge is 0.397 e. The summed E-state index contributed by atoms with van der Waals surface area (Å²) >= 11 is 0. The van der Waals surface area contributed by atoms with Crippen LogP contribution in [0.15, 0.2) is 0 Å². The van der Waals surface area contributed by atoms with E-state index in [1.54, 1.807) is 0 Å². The molecule has 4 rings (SSSR count). The van der Waals surface area contributed by atoms with Gasteiger partial charge in [0.25, 0.3) is 0 Å². The van der Waals surface area contributed by atoms with E-state index in [-0.39, 0.29) is 0 Å². The summed E-state index contributed by atoms with van der Waals surface area (Å²) in [5.41, 5.74) is 0. The second-order valence-corrected chi connectivity index (χ2v) is 12.8. The number of aliphatic carboxylic acids is 3. The van der Waals surface area contributed by atoms with Crippen LogP contribution >= 0.6 is 0 Å². The Morgan fingerprint density at radius 3 is 1.46 bits per heavy atom. The van der Waals surface area contributed by atoms with E-state index in [2.05, 4.69) is 4.18 Å². The molecule has 0 aliphatic carbocycles. The van der Waals surface area contributed by atoms with E-state index in [0.717, 1.165) is 0 Å². The van der Waals surface area contributed by atoms with Crippen molar-refractivity contribution in [1.29, 1.82) is 0 Å². The zero-order chi connectivity index (χ0) is 39.1. The Kier molecular flexibility index (Phi) is 13.5. The Morgan fingerprint density at radius 1 is 0.500 bits per heavy atom. The van der Waals surface area contributed by atoms with Crippen molar-refractivity contribution in [3.05, 3.63) is 0 Å². The summed E-state index contributed by atoms with van der Waals surface area (Å²) in [7, 11) is -5.70. The summed E-state index contributed by atoms with van der Waals surface area (Å²) < 4.78 is 73.6. The molecule has 0 unspecified atom stereocenters. The number of aliphatic hydroxyl groups is 10. The van der Waals surface area contributed by atoms with Gasteiger partial charge in [-0.05, 0) is 0 Å². The number of rotatable bonds is 12. The maximum atomic E-state index is 12.2. The summed E-state index contributed by atoms with van der Waals surface area (Å²) in [6.45, 7) is -1.08. The predicted octanol–water partition coefficient (Wildman–Crippen LogP) is -9.64. The Balaban J connectivity index is 1.65. The second-order valence-electron chi connectivity index (χ2n) is 11.8. The van der Waals surface area contributed by atoms with Gasteiger partial charge in [-0.3, -0.25) is 4.55 Å². The average Bonchev–Trinajstić information content (AvgIpc) is 3.05. The van der Waals surface area contributed by atoms with Crippen molar-refractivity contribution in [2.75, 3.05) is 6.61 Å². The molecule has 4 fully saturated rings. The topological polar surface area (TPSA) is 442 Å². The first-order chi connectivity index (χ1) is 24.1. The summed E-state index contributed by atoms with van der Waals surface area (Å²) in [5.74, 6) is -5.95. The van der Waals surface area contributed by atoms with Crippen molar-refractivity contribution in [3.8, 4) is 0 Å². The molecule has 0 aromatic carbocycles. The molecule has 0 aromatic heterocycles. The molecule has 300 valence electrons. The molecule has 4 aliphatic heterocycles. The van der Waals surface area contributed by atoms with E-state index < -0.39 is 158 Å². The monoisotopic (exact) mass is 788 g/mol. The van der Waals surface area contributed by atoms with Crippen LogP contribution in [-0.4, -0.2) is 227 Å². The fourth-order valence-corrected chi connectivity index (χ4v) is 6.18. The first kappa shape index (κ1) is 42.3. The molecule has 27 nitrogen and oxygen atoms in total. The standard InChI is InChI=1S/C24H36O27S/c25-1-2-11(5(28)7(30)21(40)44-2)45-24-17(51-52(41,42)43)13(10(33)15(49-24)19(36)37)47-23-9(32)6(29)12(16(50-23)20(38)39)46-22-8(31)3(26)4(27)14(48-22)18(34)35/h2-17,21-33,40H,1H2,(H,34,35)(H,36,37)(H,38,39)(H,41,42,43)/t2-,3+,4+,5-,6-,7-,8-,9-,10-,11+,12+,13+,14+,15+,16+,17-,21-,22-,23-,24+/m1/s1. The summed E-state index contributed by atoms with van der Waals surface area (Å²) in [6, 6.07) is 0. The van der Waals surface area contributed by atoms with Crippen molar-refractivity contribution < 1.29 is 131 Å². The highest BCUT2D eigenvalue weighted by atomic mass is 32.3. The van der Waals surface area contributed by atoms with Gasteiger partial charge in [0.05, 0.1) is 6.61 Å². The van der Waals surface area contributed by atoms with Gasteiger partial charge >= 0.3 is 28.3 Å². The van der Waals surface area contributed by atoms with E-state index >= 15 is 0 Å². The molecule has 14 N–H and O–H groups in total. The van der Waals surface area contributed by atoms with Gasteiger partial charge in [-0.1, -0.05) is 0 Å². The minimum atomic E-state index is -5.70. The second kappa shape index (κ2) is 16.5. The number of aliphatic hydroxyl groups excluding tert-OH is 10. The normalized spacial score (nSPS) is 47.4. The van der Waals surface area contributed by atoms with Crippen molar-refractivity contribution in [3.63, 3.8) is 0 Å². The van der Waals surface area contributed by atoms with Crippen LogP contribution in [0.4, 0.5) is 0 Å². The first-order valence-electron chi connectivity index (χ1n) is 14.7. The fraction of sp³-hybridized carbons (Fsp3) is 0.875. The third-order valence-corrected chi connectivity index (χ3v) is 8.77. The van der Waals surface area contributed by atoms with Crippen LogP contribution in [0.1, 0.15) is 0 Å². The van der Waals surface area contributed by atoms with E-state index in [0.29, 0.717) is 0 Å². The number of carboxylic acids is 3. The van der Waals surface area contributed by atoms with Gasteiger partial charge in [0, 0.05) is 0 Å². The maximum absolute atomic E-state index is 12.2. The quantitative estimate of drug-likeness (QED) is 0.0816. The fourth-order valence-electron chi connectivity index (χ4n) is 5.70. The summed E-state index contributed by atoms with van der Waals surface area (Å²) in [4.78, 5) is 35.7. The Morgan fingerprint density at radius 2 is 0.942 bits per heavy atom. The third-order valence-electron chi connectivity index (χ3n) is 8.31. The molecule has 0 bridgehead atoms. The lowest BCUT2D eigenvalue weighted by Crippen LogP contribution is -2.68. The highest BCUT2D eigenvalue weighted by molar-refractivity contribution is 7.80. The Labute approximate surface area is 289 Å². The van der Waals surface area contributed by atoms with Gasteiger partial charge in [0.1, 0.15) is 73.2 Å². The number of carboxylic acid groups (broad SMARTS) is 3. The van der Waals surface area contributed by atoms with Crippen LogP contribution in [0.2, 0.25) is 0 Å². The molecule has 4 saturated heterocycles. The molecule has 20 atom stereocenters. The zero-order valence-electron chi connectivity index (χ0n) is 25.7. The Hall–Kier alpha value is -2.40. The van der Waals surface area contributed by atoms with Crippen LogP contribution in [0, 0.1) is 0 Å². The molecular formula is C24H36O27S. The molecule has 28 heteroatoms. The van der Waals surface area contributed by atoms with E-state index in [1.807, 2.05) is 0 Å². The molecular weight excluding hydrogens is 752 g/mol. The first-order valence-corrected chi connectivity index (χ1v) is 16.1. The lowest BCUT2D eigenvalue weighted by Gasteiger charge is -2.48. The van der Waals surface area contributed by atoms with Crippen LogP contribution in [0.25, 0.3) is 0 Å². The lowest BCUT2D eigenvalue weighted by atomic mass is 9.95. The van der Waals surface area contributed by atoms with Crippen LogP contribution in [0.5, 0.6) is 0 Å². The SMILES string of the molecule is O=C(O)[C@H]1O[C@H](O[C@@H]2[C@H](O)[C@@H](O)[C@H](O)O[C@@H]2CO)[C@H](OS(=O)(=O)O)[C@@H](O[C@@H]2O[C@H](C(=O)O)[C@@H](O[C@@H]3O[C@H](C(=O)O)[C@@H](O)[C@H](O)[C@H]3O)[C@H](O)[C@H]2O)[C@H]1O. The van der Waals surface area contributed by atoms with Crippen LogP contribution < -0.4 is 0 Å². The van der Waals surface area contributed by atoms with E-state index in [4.69, 9.17) is 33.2 Å². The molecule has 0 amide bonds. The van der Waals surface area contributed by atoms with Crippen molar-refractivity contribution in [2.45, 2.75) is 123 Å². The van der Waals surface area contributed by atoms with E-state index in [1.165, 1.54) is 0 Å². The highest BCUT2D eigenvalue weighted by Crippen LogP contribution is 2.36. The molecule has 52 heavy (non-hydrogen) atoms.